The van der Waals surface area contributed by atoms with Crippen molar-refractivity contribution < 1.29 is 30.7 Å². The van der Waals surface area contributed by atoms with E-state index in [9.17, 15) is 9.59 Å². The van der Waals surface area contributed by atoms with E-state index in [0.717, 1.165) is 0 Å². The molecule has 0 aromatic carbocycles. The van der Waals surface area contributed by atoms with Gasteiger partial charge in [0.1, 0.15) is 5.54 Å². The molecule has 0 rings (SSSR count). The molecule has 0 fully saturated rings. The molecule has 0 saturated heterocycles. The van der Waals surface area contributed by atoms with Crippen LogP contribution in [0.4, 0.5) is 0 Å². The molecule has 0 aromatic rings. The van der Waals surface area contributed by atoms with Crippen LogP contribution in [0.5, 0.6) is 0 Å². The van der Waals surface area contributed by atoms with E-state index in [1.807, 2.05) is 0 Å². The Morgan fingerprint density at radius 3 is 1.86 bits per heavy atom. The van der Waals surface area contributed by atoms with E-state index in [1.54, 1.807) is 34.0 Å². The van der Waals surface area contributed by atoms with E-state index >= 15 is 0 Å². The predicted octanol–water partition coefficient (Wildman–Crippen LogP) is 1.69. The fraction of sp³-hybridized carbons (Fsp3) is 0.778. The molecule has 14 heavy (non-hydrogen) atoms. The maximum Gasteiger partial charge on any atom is 0.158 e. The average Bonchev–Trinajstić information content (AvgIpc) is 2.01. The molecule has 0 spiro atoms. The molecule has 0 radical (unpaired) electrons. The van der Waals surface area contributed by atoms with Gasteiger partial charge in [0.25, 0.3) is 0 Å². The second kappa shape index (κ2) is 5.49. The smallest absolute Gasteiger partial charge is 0.158 e. The van der Waals surface area contributed by atoms with Crippen molar-refractivity contribution in [1.29, 1.82) is 0 Å². The van der Waals surface area contributed by atoms with Crippen molar-refractivity contribution in [1.82, 2.24) is 0 Å². The van der Waals surface area contributed by atoms with E-state index < -0.39 is 11.1 Å². The third-order valence-corrected chi connectivity index (χ3v) is 1.66. The summed E-state index contributed by atoms with van der Waals surface area (Å²) in [5, 5.41) is 7.56. The first-order chi connectivity index (χ1) is 5.71. The SMILES string of the molecule is CC(=O)C(C)(C)N=NC(C)(C)[C-]=O.[Mo]. The number of ketones is 1. The Morgan fingerprint density at radius 2 is 1.57 bits per heavy atom. The van der Waals surface area contributed by atoms with E-state index in [1.165, 1.54) is 6.92 Å². The van der Waals surface area contributed by atoms with Gasteiger partial charge in [-0.25, -0.2) is 11.4 Å². The summed E-state index contributed by atoms with van der Waals surface area (Å²) in [6.45, 7) is 7.91. The van der Waals surface area contributed by atoms with Crippen LogP contribution in [0, 0.1) is 0 Å². The number of azo groups is 1. The Kier molecular flexibility index (Phi) is 6.31. The quantitative estimate of drug-likeness (QED) is 0.446. The summed E-state index contributed by atoms with van der Waals surface area (Å²) in [4.78, 5) is 21.4. The normalized spacial score (nSPS) is 12.4. The van der Waals surface area contributed by atoms with Crippen LogP contribution in [0.3, 0.4) is 0 Å². The molecule has 80 valence electrons. The molecule has 0 unspecified atom stereocenters. The molecule has 0 atom stereocenters. The zero-order chi connectivity index (χ0) is 10.7. The van der Waals surface area contributed by atoms with Crippen molar-refractivity contribution in [3.8, 4) is 0 Å². The molecular formula is C9H15MoN2O2-. The average molecular weight is 279 g/mol. The summed E-state index contributed by atoms with van der Waals surface area (Å²) in [7, 11) is 0. The molecule has 0 heterocycles. The maximum absolute atomic E-state index is 11.0. The van der Waals surface area contributed by atoms with Crippen molar-refractivity contribution in [3.63, 3.8) is 0 Å². The molecule has 0 amide bonds. The summed E-state index contributed by atoms with van der Waals surface area (Å²) < 4.78 is 0. The zero-order valence-electron chi connectivity index (χ0n) is 9.12. The fourth-order valence-electron chi connectivity index (χ4n) is 0.341. The van der Waals surface area contributed by atoms with E-state index in [-0.39, 0.29) is 26.8 Å². The van der Waals surface area contributed by atoms with Gasteiger partial charge in [-0.1, -0.05) is 13.8 Å². The Hall–Kier alpha value is -0.372. The van der Waals surface area contributed by atoms with Gasteiger partial charge in [-0.05, 0) is 26.3 Å². The Bertz CT molecular complexity index is 247. The van der Waals surface area contributed by atoms with Gasteiger partial charge < -0.3 is 4.79 Å². The Labute approximate surface area is 98.8 Å². The monoisotopic (exact) mass is 281 g/mol. The first-order valence-corrected chi connectivity index (χ1v) is 4.06. The molecule has 0 N–H and O–H groups in total. The molecule has 5 heteroatoms. The second-order valence-corrected chi connectivity index (χ2v) is 3.98. The number of carbonyl (C=O) groups excluding carboxylic acids is 2. The van der Waals surface area contributed by atoms with Gasteiger partial charge in [0.2, 0.25) is 0 Å². The molecule has 0 saturated carbocycles. The largest absolute Gasteiger partial charge is 0.539 e. The van der Waals surface area contributed by atoms with Crippen molar-refractivity contribution in [3.05, 3.63) is 0 Å². The summed E-state index contributed by atoms with van der Waals surface area (Å²) >= 11 is 0. The third kappa shape index (κ3) is 5.38. The molecular weight excluding hydrogens is 264 g/mol. The Morgan fingerprint density at radius 1 is 1.14 bits per heavy atom. The molecule has 0 aromatic heterocycles. The van der Waals surface area contributed by atoms with Gasteiger partial charge >= 0.3 is 0 Å². The van der Waals surface area contributed by atoms with Crippen LogP contribution >= 0.6 is 0 Å². The van der Waals surface area contributed by atoms with E-state index in [0.29, 0.717) is 0 Å². The molecule has 0 aliphatic heterocycles. The molecule has 4 nitrogen and oxygen atoms in total. The van der Waals surface area contributed by atoms with Crippen LogP contribution in [-0.4, -0.2) is 23.1 Å². The van der Waals surface area contributed by atoms with Gasteiger partial charge in [-0.3, -0.25) is 4.79 Å². The number of nitrogens with zero attached hydrogens (tertiary/aromatic N) is 2. The number of rotatable bonds is 4. The van der Waals surface area contributed by atoms with Crippen molar-refractivity contribution in [2.45, 2.75) is 45.7 Å². The minimum Gasteiger partial charge on any atom is -0.539 e. The van der Waals surface area contributed by atoms with Gasteiger partial charge in [0, 0.05) is 21.1 Å². The van der Waals surface area contributed by atoms with Gasteiger partial charge in [0.15, 0.2) is 5.78 Å². The van der Waals surface area contributed by atoms with Gasteiger partial charge in [-0.2, -0.15) is 5.11 Å². The minimum absolute atomic E-state index is 0. The number of Topliss-reactive ketones (excluding diaryl/α,β-unsaturated/α-hetero) is 1. The van der Waals surface area contributed by atoms with Crippen LogP contribution in [0.25, 0.3) is 0 Å². The topological polar surface area (TPSA) is 58.9 Å². The van der Waals surface area contributed by atoms with E-state index in [2.05, 4.69) is 10.2 Å². The van der Waals surface area contributed by atoms with Crippen molar-refractivity contribution in [2.24, 2.45) is 10.2 Å². The number of hydrogen-bond acceptors (Lipinski definition) is 4. The standard InChI is InChI=1S/C9H15N2O2.Mo/c1-7(13)9(4,5)11-10-8(2,3)6-12;/h1-5H3;/q-1;. The molecule has 0 aliphatic carbocycles. The molecule has 0 bridgehead atoms. The van der Waals surface area contributed by atoms with Crippen molar-refractivity contribution in [2.75, 3.05) is 0 Å². The minimum atomic E-state index is -0.966. The summed E-state index contributed by atoms with van der Waals surface area (Å²) in [5.74, 6) is -0.0852. The second-order valence-electron chi connectivity index (χ2n) is 3.98. The number of hydrogen-bond donors (Lipinski definition) is 0. The Balaban J connectivity index is 0. The first-order valence-electron chi connectivity index (χ1n) is 4.06. The molecule has 0 aliphatic rings. The maximum atomic E-state index is 11.0. The zero-order valence-corrected chi connectivity index (χ0v) is 11.1. The fourth-order valence-corrected chi connectivity index (χ4v) is 0.341. The van der Waals surface area contributed by atoms with E-state index in [4.69, 9.17) is 0 Å². The van der Waals surface area contributed by atoms with Crippen LogP contribution < -0.4 is 0 Å². The van der Waals surface area contributed by atoms with Crippen LogP contribution in [0.15, 0.2) is 10.2 Å². The van der Waals surface area contributed by atoms with Crippen LogP contribution in [0.1, 0.15) is 34.6 Å². The van der Waals surface area contributed by atoms with Crippen molar-refractivity contribution >= 4 is 12.1 Å². The van der Waals surface area contributed by atoms with Gasteiger partial charge in [0.05, 0.1) is 0 Å². The predicted molar refractivity (Wildman–Crippen MR) is 49.4 cm³/mol. The number of carbonyl (C=O) groups is 1. The van der Waals surface area contributed by atoms with Crippen LogP contribution in [-0.2, 0) is 30.7 Å². The van der Waals surface area contributed by atoms with Gasteiger partial charge in [-0.15, -0.1) is 0 Å². The third-order valence-electron chi connectivity index (χ3n) is 1.66. The first kappa shape index (κ1) is 16.1. The summed E-state index contributed by atoms with van der Waals surface area (Å²) in [6, 6.07) is 0. The summed E-state index contributed by atoms with van der Waals surface area (Å²) in [5.41, 5.74) is -1.82. The summed E-state index contributed by atoms with van der Waals surface area (Å²) in [6.07, 6.45) is 1.73. The van der Waals surface area contributed by atoms with Crippen LogP contribution in [0.2, 0.25) is 0 Å².